The number of nitrogens with zero attached hydrogens (tertiary/aromatic N) is 3. The second-order valence-corrected chi connectivity index (χ2v) is 19.5. The second kappa shape index (κ2) is 17.7. The maximum absolute atomic E-state index is 13.9. The fraction of sp³-hybridized carbons (Fsp3) is 0.370. The molecular weight excluding hydrogens is 830 g/mol. The predicted molar refractivity (Wildman–Crippen MR) is 243 cm³/mol. The number of allylic oxidation sites excluding steroid dienone is 1. The van der Waals surface area contributed by atoms with Gasteiger partial charge in [0.1, 0.15) is 17.2 Å². The molecule has 16 heteroatoms. The first kappa shape index (κ1) is 43.2. The van der Waals surface area contributed by atoms with Crippen molar-refractivity contribution in [2.45, 2.75) is 56.4 Å². The van der Waals surface area contributed by atoms with E-state index in [0.717, 1.165) is 79.7 Å². The van der Waals surface area contributed by atoms with Crippen molar-refractivity contribution < 1.29 is 27.6 Å². The molecular formula is C46H52ClN7O7S. The molecule has 5 aromatic rings. The molecule has 4 aromatic carbocycles. The number of carbonyl (C=O) groups excluding carboxylic acids is 1. The lowest BCUT2D eigenvalue weighted by Crippen LogP contribution is -2.50. The Hall–Kier alpha value is -5.45. The van der Waals surface area contributed by atoms with Crippen molar-refractivity contribution in [3.05, 3.63) is 123 Å². The van der Waals surface area contributed by atoms with E-state index in [4.69, 9.17) is 26.8 Å². The summed E-state index contributed by atoms with van der Waals surface area (Å²) in [6, 6.07) is 24.1. The Morgan fingerprint density at radius 2 is 1.73 bits per heavy atom. The Kier molecular flexibility index (Phi) is 12.4. The van der Waals surface area contributed by atoms with Crippen LogP contribution < -0.4 is 25.4 Å². The number of ether oxygens (including phenoxy) is 2. The number of H-pyrrole nitrogens is 1. The summed E-state index contributed by atoms with van der Waals surface area (Å²) in [6.45, 7) is 9.86. The lowest BCUT2D eigenvalue weighted by Gasteiger charge is -2.39. The van der Waals surface area contributed by atoms with Crippen LogP contribution in [-0.4, -0.2) is 87.2 Å². The molecule has 2 aliphatic heterocycles. The number of benzene rings is 4. The van der Waals surface area contributed by atoms with Gasteiger partial charge in [-0.3, -0.25) is 19.8 Å². The van der Waals surface area contributed by atoms with Crippen molar-refractivity contribution >= 4 is 61.1 Å². The van der Waals surface area contributed by atoms with Crippen LogP contribution in [0.3, 0.4) is 0 Å². The molecule has 5 N–H and O–H groups in total. The summed E-state index contributed by atoms with van der Waals surface area (Å²) in [5.74, 6) is -0.339. The van der Waals surface area contributed by atoms with Gasteiger partial charge < -0.3 is 30.4 Å². The molecule has 1 aromatic heterocycles. The molecule has 0 saturated carbocycles. The molecule has 0 atom stereocenters. The van der Waals surface area contributed by atoms with Gasteiger partial charge in [-0.15, -0.1) is 0 Å². The summed E-state index contributed by atoms with van der Waals surface area (Å²) in [6.07, 6.45) is 6.15. The van der Waals surface area contributed by atoms with Crippen LogP contribution in [0.1, 0.15) is 61.9 Å². The lowest BCUT2D eigenvalue weighted by atomic mass is 9.72. The number of anilines is 2. The Balaban J connectivity index is 1.01. The molecule has 0 spiro atoms. The fourth-order valence-electron chi connectivity index (χ4n) is 8.54. The molecule has 0 radical (unpaired) electrons. The number of rotatable bonds is 13. The molecule has 0 unspecified atom stereocenters. The minimum absolute atomic E-state index is 0.0236. The van der Waals surface area contributed by atoms with Gasteiger partial charge in [0.25, 0.3) is 21.6 Å². The molecule has 62 heavy (non-hydrogen) atoms. The summed E-state index contributed by atoms with van der Waals surface area (Å²) in [5.41, 5.74) is 11.5. The van der Waals surface area contributed by atoms with Crippen molar-refractivity contribution in [1.29, 1.82) is 0 Å². The third kappa shape index (κ3) is 9.92. The molecule has 3 heterocycles. The number of halogens is 1. The van der Waals surface area contributed by atoms with Gasteiger partial charge in [0, 0.05) is 98.0 Å². The van der Waals surface area contributed by atoms with Gasteiger partial charge in [-0.25, -0.2) is 13.1 Å². The van der Waals surface area contributed by atoms with Gasteiger partial charge in [-0.1, -0.05) is 43.2 Å². The first-order valence-corrected chi connectivity index (χ1v) is 22.8. The third-order valence-electron chi connectivity index (χ3n) is 12.3. The van der Waals surface area contributed by atoms with Gasteiger partial charge in [0.2, 0.25) is 0 Å². The number of nitrogens with one attached hydrogen (secondary N) is 3. The fourth-order valence-corrected chi connectivity index (χ4v) is 9.65. The highest BCUT2D eigenvalue weighted by atomic mass is 35.5. The molecule has 2 fully saturated rings. The number of amides is 1. The van der Waals surface area contributed by atoms with Crippen LogP contribution >= 0.6 is 11.6 Å². The number of hydrogen-bond donors (Lipinski definition) is 4. The summed E-state index contributed by atoms with van der Waals surface area (Å²) in [4.78, 5) is 32.8. The Bertz CT molecular complexity index is 2620. The van der Waals surface area contributed by atoms with E-state index in [0.29, 0.717) is 31.8 Å². The number of fused-ring (bicyclic) bond motifs is 1. The number of hydrogen-bond acceptors (Lipinski definition) is 11. The molecule has 326 valence electrons. The molecule has 1 amide bonds. The number of carbonyl (C=O) groups is 1. The zero-order valence-corrected chi connectivity index (χ0v) is 36.5. The number of nitro benzene ring substituents is 1. The van der Waals surface area contributed by atoms with Crippen molar-refractivity contribution in [1.82, 2.24) is 14.6 Å². The van der Waals surface area contributed by atoms with E-state index in [2.05, 4.69) is 50.8 Å². The highest BCUT2D eigenvalue weighted by Gasteiger charge is 2.32. The van der Waals surface area contributed by atoms with E-state index < -0.39 is 37.0 Å². The first-order chi connectivity index (χ1) is 29.6. The molecule has 14 nitrogen and oxygen atoms in total. The average Bonchev–Trinajstić information content (AvgIpc) is 3.72. The van der Waals surface area contributed by atoms with Crippen LogP contribution in [0, 0.1) is 15.5 Å². The minimum atomic E-state index is -4.58. The van der Waals surface area contributed by atoms with Crippen molar-refractivity contribution in [3.8, 4) is 11.5 Å². The van der Waals surface area contributed by atoms with Crippen molar-refractivity contribution in [2.75, 3.05) is 62.7 Å². The number of aromatic amines is 1. The van der Waals surface area contributed by atoms with E-state index in [1.807, 2.05) is 36.5 Å². The van der Waals surface area contributed by atoms with Gasteiger partial charge in [-0.2, -0.15) is 0 Å². The maximum Gasteiger partial charge on any atom is 0.293 e. The predicted octanol–water partition coefficient (Wildman–Crippen LogP) is 8.35. The van der Waals surface area contributed by atoms with Crippen molar-refractivity contribution in [2.24, 2.45) is 11.1 Å². The van der Waals surface area contributed by atoms with Crippen LogP contribution in [0.2, 0.25) is 5.02 Å². The van der Waals surface area contributed by atoms with Crippen LogP contribution in [0.5, 0.6) is 11.5 Å². The maximum atomic E-state index is 13.9. The molecule has 1 aliphatic carbocycles. The number of nitrogens with two attached hydrogens (primary N) is 1. The average molecular weight is 882 g/mol. The Labute approximate surface area is 366 Å². The summed E-state index contributed by atoms with van der Waals surface area (Å²) in [5, 5.41) is 16.8. The zero-order valence-electron chi connectivity index (χ0n) is 34.9. The highest BCUT2D eigenvalue weighted by molar-refractivity contribution is 7.90. The normalized spacial score (nSPS) is 18.1. The van der Waals surface area contributed by atoms with Gasteiger partial charge in [0.05, 0.1) is 15.4 Å². The van der Waals surface area contributed by atoms with Crippen LogP contribution in [0.25, 0.3) is 16.5 Å². The number of piperazine rings is 1. The standard InChI is InChI=1S/C46H52ClN7O7S/c1-45(2)15-13-33(39(28-45)31-3-5-34(47)6-4-31)29-52-19-21-53(22-20-52)35-7-10-38(43(26-35)61-36-8-11-40-32(25-36)14-18-49-40)44(55)51-62(58,59)37-9-12-41(42(27-37)54(56)57)50-30-46(48)16-23-60-24-17-46/h3-12,14,18,25-27,49-50H,13,15-17,19-24,28-30,48H2,1-2H3,(H,51,55). The SMILES string of the molecule is CC1(C)CCC(CN2CCN(c3ccc(C(=O)NS(=O)(=O)c4ccc(NCC5(N)CCOCC5)c([N+](=O)[O-])c4)c(Oc4ccc5[nH]ccc5c4)c3)CC2)=C(c2ccc(Cl)cc2)C1. The quantitative estimate of drug-likeness (QED) is 0.0658. The van der Waals surface area contributed by atoms with Crippen LogP contribution in [-0.2, 0) is 14.8 Å². The smallest absolute Gasteiger partial charge is 0.293 e. The lowest BCUT2D eigenvalue weighted by molar-refractivity contribution is -0.384. The zero-order chi connectivity index (χ0) is 43.6. The largest absolute Gasteiger partial charge is 0.456 e. The summed E-state index contributed by atoms with van der Waals surface area (Å²) >= 11 is 6.24. The molecule has 2 saturated heterocycles. The number of aromatic nitrogens is 1. The third-order valence-corrected chi connectivity index (χ3v) is 13.9. The molecule has 0 bridgehead atoms. The number of nitro groups is 1. The van der Waals surface area contributed by atoms with E-state index in [-0.39, 0.29) is 29.0 Å². The van der Waals surface area contributed by atoms with Crippen LogP contribution in [0.4, 0.5) is 17.1 Å². The van der Waals surface area contributed by atoms with E-state index in [9.17, 15) is 23.3 Å². The summed E-state index contributed by atoms with van der Waals surface area (Å²) in [7, 11) is -4.58. The highest BCUT2D eigenvalue weighted by Crippen LogP contribution is 2.43. The summed E-state index contributed by atoms with van der Waals surface area (Å²) < 4.78 is 41.3. The topological polar surface area (TPSA) is 185 Å². The second-order valence-electron chi connectivity index (χ2n) is 17.4. The molecule has 8 rings (SSSR count). The van der Waals surface area contributed by atoms with Gasteiger partial charge in [0.15, 0.2) is 0 Å². The number of sulfonamides is 1. The van der Waals surface area contributed by atoms with E-state index >= 15 is 0 Å². The minimum Gasteiger partial charge on any atom is -0.456 e. The first-order valence-electron chi connectivity index (χ1n) is 20.9. The van der Waals surface area contributed by atoms with Gasteiger partial charge >= 0.3 is 0 Å². The molecule has 3 aliphatic rings. The van der Waals surface area contributed by atoms with Gasteiger partial charge in [-0.05, 0) is 109 Å². The van der Waals surface area contributed by atoms with Crippen LogP contribution in [0.15, 0.2) is 102 Å². The van der Waals surface area contributed by atoms with E-state index in [1.165, 1.54) is 28.8 Å². The Morgan fingerprint density at radius 3 is 2.47 bits per heavy atom. The Morgan fingerprint density at radius 1 is 0.968 bits per heavy atom. The monoisotopic (exact) mass is 881 g/mol. The van der Waals surface area contributed by atoms with E-state index in [1.54, 1.807) is 24.3 Å². The van der Waals surface area contributed by atoms with Crippen molar-refractivity contribution in [3.63, 3.8) is 0 Å².